The van der Waals surface area contributed by atoms with Crippen molar-refractivity contribution in [2.75, 3.05) is 29.9 Å². The molecule has 174 valence electrons. The minimum atomic E-state index is -4.59. The molecule has 0 bridgehead atoms. The number of hydrogen-bond donors (Lipinski definition) is 2. The Hall–Kier alpha value is -2.49. The average molecular weight is 470 g/mol. The SMILES string of the molecule is C[C@@H]1C[C@H](C)CN(c2cc(C(F)(F)F)nc(NC(=S)NCCCc3ccc(F)cc3)n2)C1. The van der Waals surface area contributed by atoms with Crippen LogP contribution < -0.4 is 15.5 Å². The third kappa shape index (κ3) is 7.01. The van der Waals surface area contributed by atoms with Gasteiger partial charge in [-0.15, -0.1) is 0 Å². The van der Waals surface area contributed by atoms with Crippen LogP contribution in [0.2, 0.25) is 0 Å². The summed E-state index contributed by atoms with van der Waals surface area (Å²) in [5.41, 5.74) is -0.0158. The van der Waals surface area contributed by atoms with Gasteiger partial charge in [0.05, 0.1) is 0 Å². The summed E-state index contributed by atoms with van der Waals surface area (Å²) in [4.78, 5) is 9.80. The predicted octanol–water partition coefficient (Wildman–Crippen LogP) is 5.04. The molecular weight excluding hydrogens is 442 g/mol. The number of aromatic nitrogens is 2. The van der Waals surface area contributed by atoms with Crippen LogP contribution in [-0.2, 0) is 12.6 Å². The van der Waals surface area contributed by atoms with Crippen LogP contribution in [0.3, 0.4) is 0 Å². The summed E-state index contributed by atoms with van der Waals surface area (Å²) in [5, 5.41) is 5.79. The smallest absolute Gasteiger partial charge is 0.362 e. The number of alkyl halides is 3. The van der Waals surface area contributed by atoms with Crippen molar-refractivity contribution >= 4 is 29.1 Å². The summed E-state index contributed by atoms with van der Waals surface area (Å²) >= 11 is 5.21. The van der Waals surface area contributed by atoms with Gasteiger partial charge >= 0.3 is 6.18 Å². The molecule has 5 nitrogen and oxygen atoms in total. The van der Waals surface area contributed by atoms with E-state index in [1.54, 1.807) is 12.1 Å². The molecule has 0 radical (unpaired) electrons. The zero-order valence-electron chi connectivity index (χ0n) is 18.0. The maximum atomic E-state index is 13.4. The van der Waals surface area contributed by atoms with E-state index in [0.29, 0.717) is 44.3 Å². The number of piperidine rings is 1. The molecule has 2 aromatic rings. The lowest BCUT2D eigenvalue weighted by molar-refractivity contribution is -0.141. The van der Waals surface area contributed by atoms with Crippen molar-refractivity contribution in [1.82, 2.24) is 15.3 Å². The molecule has 10 heteroatoms. The van der Waals surface area contributed by atoms with Crippen molar-refractivity contribution < 1.29 is 17.6 Å². The van der Waals surface area contributed by atoms with Crippen LogP contribution in [-0.4, -0.2) is 34.7 Å². The molecule has 1 aliphatic heterocycles. The minimum absolute atomic E-state index is 0.148. The summed E-state index contributed by atoms with van der Waals surface area (Å²) in [6, 6.07) is 7.23. The van der Waals surface area contributed by atoms with Crippen molar-refractivity contribution in [2.24, 2.45) is 11.8 Å². The Morgan fingerprint density at radius 2 is 1.78 bits per heavy atom. The standard InChI is InChI=1S/C22H27F4N5S/c1-14-10-15(2)13-31(12-14)19-11-18(22(24,25)26)28-20(29-19)30-21(32)27-9-3-4-16-5-7-17(23)8-6-16/h5-8,11,14-15H,3-4,9-10,12-13H2,1-2H3,(H2,27,28,29,30,32)/t14-,15+. The van der Waals surface area contributed by atoms with Gasteiger partial charge in [0.25, 0.3) is 0 Å². The molecule has 2 atom stereocenters. The Morgan fingerprint density at radius 3 is 2.41 bits per heavy atom. The highest BCUT2D eigenvalue weighted by molar-refractivity contribution is 7.80. The number of rotatable bonds is 6. The van der Waals surface area contributed by atoms with Crippen LogP contribution in [0.5, 0.6) is 0 Å². The second-order valence-electron chi connectivity index (χ2n) is 8.39. The fourth-order valence-electron chi connectivity index (χ4n) is 3.94. The molecule has 1 aromatic heterocycles. The molecule has 0 spiro atoms. The lowest BCUT2D eigenvalue weighted by atomic mass is 9.92. The van der Waals surface area contributed by atoms with E-state index in [0.717, 1.165) is 18.1 Å². The van der Waals surface area contributed by atoms with E-state index in [1.165, 1.54) is 12.1 Å². The fourth-order valence-corrected chi connectivity index (χ4v) is 4.13. The zero-order valence-corrected chi connectivity index (χ0v) is 18.9. The zero-order chi connectivity index (χ0) is 23.3. The van der Waals surface area contributed by atoms with E-state index >= 15 is 0 Å². The van der Waals surface area contributed by atoms with Gasteiger partial charge < -0.3 is 15.5 Å². The third-order valence-electron chi connectivity index (χ3n) is 5.26. The first-order chi connectivity index (χ1) is 15.1. The molecule has 3 rings (SSSR count). The number of aryl methyl sites for hydroxylation is 1. The van der Waals surface area contributed by atoms with Crippen LogP contribution in [0.15, 0.2) is 30.3 Å². The Labute approximate surface area is 190 Å². The highest BCUT2D eigenvalue weighted by Gasteiger charge is 2.35. The molecule has 2 N–H and O–H groups in total. The van der Waals surface area contributed by atoms with Gasteiger partial charge in [0.1, 0.15) is 11.6 Å². The largest absolute Gasteiger partial charge is 0.433 e. The molecular formula is C22H27F4N5S. The summed E-state index contributed by atoms with van der Waals surface area (Å²) < 4.78 is 53.2. The Balaban J connectivity index is 1.62. The summed E-state index contributed by atoms with van der Waals surface area (Å²) in [5.74, 6) is 0.502. The van der Waals surface area contributed by atoms with Crippen molar-refractivity contribution in [3.05, 3.63) is 47.4 Å². The molecule has 0 unspecified atom stereocenters. The van der Waals surface area contributed by atoms with E-state index in [2.05, 4.69) is 34.4 Å². The molecule has 0 aliphatic carbocycles. The van der Waals surface area contributed by atoms with Crippen molar-refractivity contribution in [2.45, 2.75) is 39.3 Å². The van der Waals surface area contributed by atoms with E-state index in [4.69, 9.17) is 12.2 Å². The normalized spacial score (nSPS) is 19.0. The monoisotopic (exact) mass is 469 g/mol. The van der Waals surface area contributed by atoms with Crippen molar-refractivity contribution in [3.8, 4) is 0 Å². The number of benzene rings is 1. The highest BCUT2D eigenvalue weighted by atomic mass is 32.1. The number of hydrogen-bond acceptors (Lipinski definition) is 4. The number of nitrogens with one attached hydrogen (secondary N) is 2. The first-order valence-corrected chi connectivity index (χ1v) is 11.0. The van der Waals surface area contributed by atoms with Crippen LogP contribution in [0.4, 0.5) is 29.3 Å². The van der Waals surface area contributed by atoms with Gasteiger partial charge in [-0.05, 0) is 61.0 Å². The predicted molar refractivity (Wildman–Crippen MR) is 121 cm³/mol. The number of nitrogens with zero attached hydrogens (tertiary/aromatic N) is 3. The molecule has 0 amide bonds. The molecule has 1 fully saturated rings. The topological polar surface area (TPSA) is 53.1 Å². The molecule has 0 saturated carbocycles. The number of anilines is 2. The molecule has 1 aliphatic rings. The second kappa shape index (κ2) is 10.4. The van der Waals surface area contributed by atoms with Gasteiger partial charge in [0.15, 0.2) is 10.8 Å². The van der Waals surface area contributed by atoms with Crippen LogP contribution >= 0.6 is 12.2 Å². The highest BCUT2D eigenvalue weighted by Crippen LogP contribution is 2.32. The van der Waals surface area contributed by atoms with Gasteiger partial charge in [-0.25, -0.2) is 9.37 Å². The van der Waals surface area contributed by atoms with Gasteiger partial charge in [-0.2, -0.15) is 18.2 Å². The quantitative estimate of drug-likeness (QED) is 0.351. The fraction of sp³-hybridized carbons (Fsp3) is 0.500. The van der Waals surface area contributed by atoms with Crippen LogP contribution in [0.1, 0.15) is 37.9 Å². The minimum Gasteiger partial charge on any atom is -0.362 e. The average Bonchev–Trinajstić information content (AvgIpc) is 2.71. The van der Waals surface area contributed by atoms with E-state index in [1.807, 2.05) is 4.90 Å². The van der Waals surface area contributed by atoms with Gasteiger partial charge in [-0.1, -0.05) is 26.0 Å². The van der Waals surface area contributed by atoms with E-state index < -0.39 is 11.9 Å². The molecule has 2 heterocycles. The Morgan fingerprint density at radius 1 is 1.12 bits per heavy atom. The molecule has 1 saturated heterocycles. The number of thiocarbonyl (C=S) groups is 1. The maximum absolute atomic E-state index is 13.4. The summed E-state index contributed by atoms with van der Waals surface area (Å²) in [6.45, 7) is 5.95. The van der Waals surface area contributed by atoms with Crippen molar-refractivity contribution in [3.63, 3.8) is 0 Å². The summed E-state index contributed by atoms with van der Waals surface area (Å²) in [6.07, 6.45) is -2.13. The maximum Gasteiger partial charge on any atom is 0.433 e. The van der Waals surface area contributed by atoms with E-state index in [-0.39, 0.29) is 22.7 Å². The number of halogens is 4. The Kier molecular flexibility index (Phi) is 7.86. The van der Waals surface area contributed by atoms with Gasteiger partial charge in [0, 0.05) is 25.7 Å². The summed E-state index contributed by atoms with van der Waals surface area (Å²) in [7, 11) is 0. The first kappa shape index (κ1) is 24.2. The van der Waals surface area contributed by atoms with Crippen LogP contribution in [0.25, 0.3) is 0 Å². The second-order valence-corrected chi connectivity index (χ2v) is 8.80. The van der Waals surface area contributed by atoms with Crippen LogP contribution in [0, 0.1) is 17.7 Å². The van der Waals surface area contributed by atoms with Crippen molar-refractivity contribution in [1.29, 1.82) is 0 Å². The molecule has 1 aromatic carbocycles. The third-order valence-corrected chi connectivity index (χ3v) is 5.51. The molecule has 32 heavy (non-hydrogen) atoms. The first-order valence-electron chi connectivity index (χ1n) is 10.6. The lowest BCUT2D eigenvalue weighted by Crippen LogP contribution is -2.39. The van der Waals surface area contributed by atoms with Gasteiger partial charge in [-0.3, -0.25) is 0 Å². The Bertz CT molecular complexity index is 910. The van der Waals surface area contributed by atoms with E-state index in [9.17, 15) is 17.6 Å². The van der Waals surface area contributed by atoms with Gasteiger partial charge in [0.2, 0.25) is 5.95 Å². The lowest BCUT2D eigenvalue weighted by Gasteiger charge is -2.36.